The fourth-order valence-corrected chi connectivity index (χ4v) is 2.45. The van der Waals surface area contributed by atoms with Crippen LogP contribution < -0.4 is 15.8 Å². The summed E-state index contributed by atoms with van der Waals surface area (Å²) in [5.74, 6) is 0.111. The summed E-state index contributed by atoms with van der Waals surface area (Å²) in [6, 6.07) is 12.9. The minimum atomic E-state index is -0.105. The van der Waals surface area contributed by atoms with Crippen molar-refractivity contribution < 1.29 is 9.52 Å². The van der Waals surface area contributed by atoms with Crippen molar-refractivity contribution in [3.63, 3.8) is 0 Å². The average molecular weight is 303 g/mol. The van der Waals surface area contributed by atoms with Crippen LogP contribution in [-0.2, 0) is 17.9 Å². The quantitative estimate of drug-likeness (QED) is 0.477. The summed E-state index contributed by atoms with van der Waals surface area (Å²) in [4.78, 5) is 11.8. The summed E-state index contributed by atoms with van der Waals surface area (Å²) in [7, 11) is 0. The topological polar surface area (TPSA) is 82.1 Å². The molecule has 5 nitrogen and oxygen atoms in total. The number of pyridine rings is 1. The van der Waals surface area contributed by atoms with E-state index in [4.69, 9.17) is 5.73 Å². The van der Waals surface area contributed by atoms with Crippen molar-refractivity contribution in [1.29, 1.82) is 0 Å². The second-order valence-corrected chi connectivity index (χ2v) is 5.45. The zero-order valence-corrected chi connectivity index (χ0v) is 12.3. The molecule has 21 heavy (non-hydrogen) atoms. The highest BCUT2D eigenvalue weighted by atomic mass is 32.2. The molecular formula is C15H17N3O2S. The lowest BCUT2D eigenvalue weighted by molar-refractivity contribution is -0.645. The molecule has 1 aromatic heterocycles. The zero-order chi connectivity index (χ0) is 15.1. The van der Waals surface area contributed by atoms with Crippen LogP contribution in [-0.4, -0.2) is 11.7 Å². The number of hydrogen-bond acceptors (Lipinski definition) is 4. The molecule has 0 aliphatic heterocycles. The molecule has 1 heterocycles. The second kappa shape index (κ2) is 7.66. The molecule has 3 N–H and O–H groups in total. The number of hydrogen-bond donors (Lipinski definition) is 2. The predicted molar refractivity (Wildman–Crippen MR) is 82.3 cm³/mol. The molecule has 0 aliphatic carbocycles. The van der Waals surface area contributed by atoms with Gasteiger partial charge in [0.2, 0.25) is 5.91 Å². The van der Waals surface area contributed by atoms with Crippen LogP contribution in [0.3, 0.4) is 0 Å². The Morgan fingerprint density at radius 3 is 2.57 bits per heavy atom. The third-order valence-electron chi connectivity index (χ3n) is 2.89. The highest BCUT2D eigenvalue weighted by Crippen LogP contribution is 2.12. The van der Waals surface area contributed by atoms with E-state index < -0.39 is 0 Å². The van der Waals surface area contributed by atoms with E-state index in [1.165, 1.54) is 18.0 Å². The summed E-state index contributed by atoms with van der Waals surface area (Å²) < 4.78 is 0.753. The Morgan fingerprint density at radius 2 is 1.90 bits per heavy atom. The smallest absolute Gasteiger partial charge is 0.251 e. The predicted octanol–water partition coefficient (Wildman–Crippen LogP) is 1.19. The number of amides is 1. The molecule has 0 saturated heterocycles. The van der Waals surface area contributed by atoms with Gasteiger partial charge in [-0.1, -0.05) is 24.3 Å². The highest BCUT2D eigenvalue weighted by Gasteiger charge is 2.08. The van der Waals surface area contributed by atoms with Crippen LogP contribution in [0.15, 0.2) is 53.7 Å². The van der Waals surface area contributed by atoms with E-state index in [0.29, 0.717) is 18.1 Å². The third-order valence-corrected chi connectivity index (χ3v) is 3.91. The van der Waals surface area contributed by atoms with Gasteiger partial charge in [0.1, 0.15) is 0 Å². The number of aromatic nitrogens is 1. The van der Waals surface area contributed by atoms with E-state index in [-0.39, 0.29) is 11.7 Å². The number of carbonyl (C=O) groups excluding carboxylic acids is 1. The van der Waals surface area contributed by atoms with Gasteiger partial charge in [-0.2, -0.15) is 4.73 Å². The fourth-order valence-electron chi connectivity index (χ4n) is 1.71. The third kappa shape index (κ3) is 4.77. The molecule has 0 unspecified atom stereocenters. The number of rotatable bonds is 6. The Hall–Kier alpha value is -2.05. The van der Waals surface area contributed by atoms with Gasteiger partial charge in [0.05, 0.1) is 5.75 Å². The van der Waals surface area contributed by atoms with Gasteiger partial charge in [-0.25, -0.2) is 0 Å². The molecule has 0 spiro atoms. The number of thioether (sulfide) groups is 1. The molecule has 2 rings (SSSR count). The molecule has 0 bridgehead atoms. The number of nitrogens with two attached hydrogens (primary N) is 1. The van der Waals surface area contributed by atoms with Crippen LogP contribution in [0.1, 0.15) is 11.1 Å². The van der Waals surface area contributed by atoms with E-state index in [2.05, 4.69) is 5.32 Å². The maximum absolute atomic E-state index is 11.8. The maximum Gasteiger partial charge on any atom is 0.251 e. The Labute approximate surface area is 127 Å². The first-order valence-corrected chi connectivity index (χ1v) is 7.53. The van der Waals surface area contributed by atoms with Gasteiger partial charge < -0.3 is 16.3 Å². The standard InChI is InChI=1S/C15H17N3O2S/c16-9-12-4-6-13(7-5-12)10-17-14(19)11-21-15-3-1-2-8-18(15)20/h1-8H,9-11,16H2,(H,17,19). The van der Waals surface area contributed by atoms with E-state index in [0.717, 1.165) is 15.9 Å². The first kappa shape index (κ1) is 15.3. The Kier molecular flexibility index (Phi) is 5.59. The van der Waals surface area contributed by atoms with Crippen LogP contribution in [0, 0.1) is 5.21 Å². The van der Waals surface area contributed by atoms with E-state index in [1.54, 1.807) is 18.2 Å². The van der Waals surface area contributed by atoms with Crippen molar-refractivity contribution in [2.75, 3.05) is 5.75 Å². The number of nitrogens with one attached hydrogen (secondary N) is 1. The second-order valence-electron chi connectivity index (χ2n) is 4.45. The van der Waals surface area contributed by atoms with Crippen molar-refractivity contribution in [2.45, 2.75) is 18.1 Å². The maximum atomic E-state index is 11.8. The molecule has 0 atom stereocenters. The molecule has 0 aliphatic rings. The summed E-state index contributed by atoms with van der Waals surface area (Å²) >= 11 is 1.22. The molecule has 0 saturated carbocycles. The van der Waals surface area contributed by atoms with Crippen LogP contribution in [0.25, 0.3) is 0 Å². The lowest BCUT2D eigenvalue weighted by Crippen LogP contribution is -2.29. The Morgan fingerprint density at radius 1 is 1.19 bits per heavy atom. The monoisotopic (exact) mass is 303 g/mol. The van der Waals surface area contributed by atoms with Gasteiger partial charge in [-0.3, -0.25) is 4.79 Å². The zero-order valence-electron chi connectivity index (χ0n) is 11.5. The first-order chi connectivity index (χ1) is 10.2. The molecule has 6 heteroatoms. The van der Waals surface area contributed by atoms with E-state index >= 15 is 0 Å². The number of nitrogens with zero attached hydrogens (tertiary/aromatic N) is 1. The fraction of sp³-hybridized carbons (Fsp3) is 0.200. The summed E-state index contributed by atoms with van der Waals surface area (Å²) in [5.41, 5.74) is 7.61. The Balaban J connectivity index is 1.78. The molecule has 0 fully saturated rings. The lowest BCUT2D eigenvalue weighted by Gasteiger charge is -2.06. The lowest BCUT2D eigenvalue weighted by atomic mass is 10.1. The van der Waals surface area contributed by atoms with Crippen LogP contribution >= 0.6 is 11.8 Å². The molecule has 0 radical (unpaired) electrons. The minimum Gasteiger partial charge on any atom is -0.618 e. The SMILES string of the molecule is NCc1ccc(CNC(=O)CSc2cccc[n+]2[O-])cc1. The van der Waals surface area contributed by atoms with Gasteiger partial charge in [-0.05, 0) is 29.0 Å². The van der Waals surface area contributed by atoms with Crippen LogP contribution in [0.4, 0.5) is 0 Å². The first-order valence-electron chi connectivity index (χ1n) is 6.54. The van der Waals surface area contributed by atoms with Gasteiger partial charge in [0, 0.05) is 25.2 Å². The van der Waals surface area contributed by atoms with Crippen molar-refractivity contribution in [1.82, 2.24) is 5.32 Å². The molecule has 2 aromatic rings. The highest BCUT2D eigenvalue weighted by molar-refractivity contribution is 7.99. The van der Waals surface area contributed by atoms with Crippen molar-refractivity contribution in [3.8, 4) is 0 Å². The molecule has 1 amide bonds. The van der Waals surface area contributed by atoms with Crippen molar-refractivity contribution in [3.05, 3.63) is 65.0 Å². The molecule has 1 aromatic carbocycles. The normalized spacial score (nSPS) is 10.3. The number of carbonyl (C=O) groups is 1. The summed E-state index contributed by atoms with van der Waals surface area (Å²) in [5, 5.41) is 14.8. The van der Waals surface area contributed by atoms with Crippen LogP contribution in [0.2, 0.25) is 0 Å². The van der Waals surface area contributed by atoms with Gasteiger partial charge in [0.15, 0.2) is 6.20 Å². The minimum absolute atomic E-state index is 0.105. The van der Waals surface area contributed by atoms with E-state index in [9.17, 15) is 10.0 Å². The molecule has 110 valence electrons. The van der Waals surface area contributed by atoms with Gasteiger partial charge in [-0.15, -0.1) is 0 Å². The van der Waals surface area contributed by atoms with E-state index in [1.807, 2.05) is 24.3 Å². The molecular weight excluding hydrogens is 286 g/mol. The average Bonchev–Trinajstić information content (AvgIpc) is 2.52. The summed E-state index contributed by atoms with van der Waals surface area (Å²) in [6.07, 6.45) is 1.42. The largest absolute Gasteiger partial charge is 0.618 e. The van der Waals surface area contributed by atoms with Gasteiger partial charge >= 0.3 is 0 Å². The summed E-state index contributed by atoms with van der Waals surface area (Å²) in [6.45, 7) is 0.978. The Bertz CT molecular complexity index is 602. The van der Waals surface area contributed by atoms with Crippen molar-refractivity contribution >= 4 is 17.7 Å². The number of benzene rings is 1. The van der Waals surface area contributed by atoms with Crippen molar-refractivity contribution in [2.24, 2.45) is 5.73 Å². The van der Waals surface area contributed by atoms with Crippen LogP contribution in [0.5, 0.6) is 0 Å². The van der Waals surface area contributed by atoms with Gasteiger partial charge in [0.25, 0.3) is 5.03 Å².